The number of rotatable bonds is 4. The van der Waals surface area contributed by atoms with Crippen molar-refractivity contribution in [2.24, 2.45) is 5.92 Å². The number of pyridine rings is 1. The fourth-order valence-electron chi connectivity index (χ4n) is 3.27. The highest BCUT2D eigenvalue weighted by atomic mass is 16.5. The molecular weight excluding hydrogens is 278 g/mol. The predicted octanol–water partition coefficient (Wildman–Crippen LogP) is 4.27. The van der Waals surface area contributed by atoms with Gasteiger partial charge in [-0.2, -0.15) is 0 Å². The van der Waals surface area contributed by atoms with Crippen molar-refractivity contribution >= 4 is 0 Å². The molecule has 4 heteroatoms. The Bertz CT molecular complexity index is 612. The Morgan fingerprint density at radius 2 is 2.05 bits per heavy atom. The Balaban J connectivity index is 1.82. The summed E-state index contributed by atoms with van der Waals surface area (Å²) in [5.41, 5.74) is 1.66. The van der Waals surface area contributed by atoms with Gasteiger partial charge in [-0.25, -0.2) is 4.98 Å². The van der Waals surface area contributed by atoms with Gasteiger partial charge in [0.1, 0.15) is 17.2 Å². The zero-order valence-corrected chi connectivity index (χ0v) is 13.2. The second-order valence-electron chi connectivity index (χ2n) is 6.05. The van der Waals surface area contributed by atoms with Crippen molar-refractivity contribution in [2.75, 3.05) is 7.11 Å². The van der Waals surface area contributed by atoms with Crippen LogP contribution < -0.4 is 4.74 Å². The first kappa shape index (κ1) is 15.1. The van der Waals surface area contributed by atoms with Crippen LogP contribution in [0.15, 0.2) is 28.8 Å². The van der Waals surface area contributed by atoms with Gasteiger partial charge in [-0.3, -0.25) is 0 Å². The Kier molecular flexibility index (Phi) is 4.48. The minimum absolute atomic E-state index is 0.349. The molecule has 1 fully saturated rings. The molecule has 118 valence electrons. The van der Waals surface area contributed by atoms with Crippen LogP contribution in [0.1, 0.15) is 49.5 Å². The molecule has 1 atom stereocenters. The van der Waals surface area contributed by atoms with Gasteiger partial charge in [0.05, 0.1) is 19.4 Å². The number of nitrogens with zero attached hydrogens (tertiary/aromatic N) is 1. The lowest BCUT2D eigenvalue weighted by Crippen LogP contribution is -2.16. The summed E-state index contributed by atoms with van der Waals surface area (Å²) < 4.78 is 10.9. The molecular formula is C18H23NO3. The van der Waals surface area contributed by atoms with E-state index in [0.717, 1.165) is 35.6 Å². The van der Waals surface area contributed by atoms with Gasteiger partial charge in [0.25, 0.3) is 0 Å². The summed E-state index contributed by atoms with van der Waals surface area (Å²) >= 11 is 0. The Morgan fingerprint density at radius 3 is 2.68 bits per heavy atom. The van der Waals surface area contributed by atoms with Crippen LogP contribution in [-0.4, -0.2) is 17.2 Å². The number of aliphatic hydroxyl groups excluding tert-OH is 1. The number of aliphatic hydroxyl groups is 1. The van der Waals surface area contributed by atoms with Crippen LogP contribution in [0.3, 0.4) is 0 Å². The van der Waals surface area contributed by atoms with E-state index < -0.39 is 6.10 Å². The van der Waals surface area contributed by atoms with E-state index in [-0.39, 0.29) is 0 Å². The van der Waals surface area contributed by atoms with E-state index in [0.29, 0.717) is 11.7 Å². The summed E-state index contributed by atoms with van der Waals surface area (Å²) in [7, 11) is 1.62. The summed E-state index contributed by atoms with van der Waals surface area (Å²) in [4.78, 5) is 4.35. The largest absolute Gasteiger partial charge is 0.495 e. The molecule has 1 aliphatic carbocycles. The molecule has 22 heavy (non-hydrogen) atoms. The number of ether oxygens (including phenoxy) is 1. The van der Waals surface area contributed by atoms with Crippen LogP contribution in [0, 0.1) is 12.8 Å². The first-order valence-corrected chi connectivity index (χ1v) is 7.98. The molecule has 1 unspecified atom stereocenters. The minimum Gasteiger partial charge on any atom is -0.495 e. The fourth-order valence-corrected chi connectivity index (χ4v) is 3.27. The van der Waals surface area contributed by atoms with E-state index >= 15 is 0 Å². The van der Waals surface area contributed by atoms with Crippen LogP contribution in [0.25, 0.3) is 11.5 Å². The van der Waals surface area contributed by atoms with E-state index in [9.17, 15) is 5.11 Å². The van der Waals surface area contributed by atoms with Gasteiger partial charge in [-0.05, 0) is 43.9 Å². The first-order valence-electron chi connectivity index (χ1n) is 7.98. The highest BCUT2D eigenvalue weighted by Gasteiger charge is 2.26. The normalized spacial score (nSPS) is 17.4. The lowest BCUT2D eigenvalue weighted by Gasteiger charge is -2.26. The van der Waals surface area contributed by atoms with Gasteiger partial charge < -0.3 is 14.3 Å². The molecule has 1 N–H and O–H groups in total. The van der Waals surface area contributed by atoms with Crippen molar-refractivity contribution in [3.63, 3.8) is 0 Å². The third kappa shape index (κ3) is 3.02. The van der Waals surface area contributed by atoms with Crippen molar-refractivity contribution < 1.29 is 14.3 Å². The maximum atomic E-state index is 10.7. The summed E-state index contributed by atoms with van der Waals surface area (Å²) in [6, 6.07) is 5.66. The molecule has 0 bridgehead atoms. The van der Waals surface area contributed by atoms with Crippen LogP contribution >= 0.6 is 0 Å². The van der Waals surface area contributed by atoms with E-state index in [2.05, 4.69) is 4.98 Å². The van der Waals surface area contributed by atoms with Gasteiger partial charge in [-0.15, -0.1) is 0 Å². The standard InChI is InChI=1S/C18H23NO3/c1-12-15(18(20)13-6-4-3-5-7-13)10-17(22-12)16-9-8-14(21-2)11-19-16/h8-11,13,18,20H,3-7H2,1-2H3. The Labute approximate surface area is 131 Å². The maximum Gasteiger partial charge on any atom is 0.153 e. The Morgan fingerprint density at radius 1 is 1.27 bits per heavy atom. The zero-order valence-electron chi connectivity index (χ0n) is 13.2. The molecule has 3 rings (SSSR count). The SMILES string of the molecule is COc1ccc(-c2cc(C(O)C3CCCCC3)c(C)o2)nc1. The molecule has 4 nitrogen and oxygen atoms in total. The number of furan rings is 1. The summed E-state index contributed by atoms with van der Waals surface area (Å²) in [5, 5.41) is 10.7. The van der Waals surface area contributed by atoms with E-state index in [4.69, 9.17) is 9.15 Å². The lowest BCUT2D eigenvalue weighted by atomic mass is 9.83. The van der Waals surface area contributed by atoms with Crippen LogP contribution in [-0.2, 0) is 0 Å². The van der Waals surface area contributed by atoms with E-state index in [1.807, 2.05) is 25.1 Å². The molecule has 0 aromatic carbocycles. The van der Waals surface area contributed by atoms with Crippen LogP contribution in [0.4, 0.5) is 0 Å². The third-order valence-electron chi connectivity index (χ3n) is 4.60. The molecule has 1 aliphatic rings. The van der Waals surface area contributed by atoms with Gasteiger partial charge in [-0.1, -0.05) is 19.3 Å². The summed E-state index contributed by atoms with van der Waals surface area (Å²) in [6.45, 7) is 1.91. The highest BCUT2D eigenvalue weighted by Crippen LogP contribution is 2.38. The second kappa shape index (κ2) is 6.53. The van der Waals surface area contributed by atoms with Crippen LogP contribution in [0.2, 0.25) is 0 Å². The predicted molar refractivity (Wildman–Crippen MR) is 84.8 cm³/mol. The zero-order chi connectivity index (χ0) is 15.5. The first-order chi connectivity index (χ1) is 10.7. The smallest absolute Gasteiger partial charge is 0.153 e. The molecule has 2 heterocycles. The van der Waals surface area contributed by atoms with Crippen molar-refractivity contribution in [1.29, 1.82) is 0 Å². The quantitative estimate of drug-likeness (QED) is 0.916. The van der Waals surface area contributed by atoms with Crippen molar-refractivity contribution in [3.05, 3.63) is 35.7 Å². The molecule has 0 radical (unpaired) electrons. The van der Waals surface area contributed by atoms with Crippen molar-refractivity contribution in [1.82, 2.24) is 4.98 Å². The lowest BCUT2D eigenvalue weighted by molar-refractivity contribution is 0.0835. The van der Waals surface area contributed by atoms with Gasteiger partial charge in [0, 0.05) is 5.56 Å². The maximum absolute atomic E-state index is 10.7. The molecule has 1 saturated carbocycles. The molecule has 2 aromatic rings. The topological polar surface area (TPSA) is 55.5 Å². The van der Waals surface area contributed by atoms with Crippen molar-refractivity contribution in [2.45, 2.75) is 45.1 Å². The van der Waals surface area contributed by atoms with Gasteiger partial charge in [0.15, 0.2) is 5.76 Å². The summed E-state index contributed by atoms with van der Waals surface area (Å²) in [6.07, 6.45) is 7.15. The van der Waals surface area contributed by atoms with Gasteiger partial charge in [0.2, 0.25) is 0 Å². The molecule has 2 aromatic heterocycles. The van der Waals surface area contributed by atoms with E-state index in [1.165, 1.54) is 19.3 Å². The summed E-state index contributed by atoms with van der Waals surface area (Å²) in [5.74, 6) is 2.55. The highest BCUT2D eigenvalue weighted by molar-refractivity contribution is 5.55. The average molecular weight is 301 g/mol. The monoisotopic (exact) mass is 301 g/mol. The number of methoxy groups -OCH3 is 1. The molecule has 0 amide bonds. The Hall–Kier alpha value is -1.81. The molecule has 0 saturated heterocycles. The average Bonchev–Trinajstić information content (AvgIpc) is 2.97. The number of aromatic nitrogens is 1. The molecule has 0 spiro atoms. The van der Waals surface area contributed by atoms with Gasteiger partial charge >= 0.3 is 0 Å². The third-order valence-corrected chi connectivity index (χ3v) is 4.60. The van der Waals surface area contributed by atoms with E-state index in [1.54, 1.807) is 13.3 Å². The number of hydrogen-bond donors (Lipinski definition) is 1. The number of aryl methyl sites for hydroxylation is 1. The van der Waals surface area contributed by atoms with Crippen molar-refractivity contribution in [3.8, 4) is 17.2 Å². The second-order valence-corrected chi connectivity index (χ2v) is 6.05. The minimum atomic E-state index is -0.434. The van der Waals surface area contributed by atoms with Crippen LogP contribution in [0.5, 0.6) is 5.75 Å². The molecule has 0 aliphatic heterocycles. The fraction of sp³-hybridized carbons (Fsp3) is 0.500. The number of hydrogen-bond acceptors (Lipinski definition) is 4.